The lowest BCUT2D eigenvalue weighted by Crippen LogP contribution is -1.83. The molecule has 0 saturated carbocycles. The van der Waals surface area contributed by atoms with Crippen LogP contribution < -0.4 is 0 Å². The first-order valence-corrected chi connectivity index (χ1v) is 17.2. The van der Waals surface area contributed by atoms with Crippen LogP contribution in [-0.4, -0.2) is 0 Å². The number of unbranched alkanes of at least 4 members (excludes halogenated alkanes) is 29. The molecule has 0 aliphatic carbocycles. The van der Waals surface area contributed by atoms with Crippen molar-refractivity contribution in [2.45, 2.75) is 206 Å². The van der Waals surface area contributed by atoms with E-state index in [2.05, 4.69) is 31.7 Å². The van der Waals surface area contributed by atoms with E-state index in [0.717, 1.165) is 0 Å². The largest absolute Gasteiger partial charge is 0.103 e. The SMILES string of the molecule is C=CCCCCCCCCCCCCCCCC=CCCCCCCCCCCCCCCCCC. The van der Waals surface area contributed by atoms with Gasteiger partial charge in [-0.05, 0) is 38.5 Å². The number of rotatable bonds is 32. The van der Waals surface area contributed by atoms with Crippen LogP contribution in [0.3, 0.4) is 0 Å². The second-order valence-electron chi connectivity index (χ2n) is 11.7. The molecule has 0 aromatic carbocycles. The first-order valence-electron chi connectivity index (χ1n) is 17.2. The van der Waals surface area contributed by atoms with Crippen molar-refractivity contribution < 1.29 is 0 Å². The zero-order chi connectivity index (χ0) is 26.0. The second-order valence-corrected chi connectivity index (χ2v) is 11.7. The molecule has 0 atom stereocenters. The van der Waals surface area contributed by atoms with E-state index < -0.39 is 0 Å². The molecule has 0 bridgehead atoms. The minimum absolute atomic E-state index is 1.20. The monoisotopic (exact) mass is 503 g/mol. The van der Waals surface area contributed by atoms with Crippen molar-refractivity contribution in [3.63, 3.8) is 0 Å². The van der Waals surface area contributed by atoms with Crippen LogP contribution in [0.25, 0.3) is 0 Å². The van der Waals surface area contributed by atoms with E-state index in [9.17, 15) is 0 Å². The summed E-state index contributed by atoms with van der Waals surface area (Å²) >= 11 is 0. The predicted molar refractivity (Wildman–Crippen MR) is 168 cm³/mol. The van der Waals surface area contributed by atoms with Gasteiger partial charge in [0.1, 0.15) is 0 Å². The van der Waals surface area contributed by atoms with Crippen LogP contribution >= 0.6 is 0 Å². The average molecular weight is 503 g/mol. The summed E-state index contributed by atoms with van der Waals surface area (Å²) in [5.74, 6) is 0. The van der Waals surface area contributed by atoms with Crippen LogP contribution in [0.15, 0.2) is 24.8 Å². The van der Waals surface area contributed by atoms with Gasteiger partial charge in [0, 0.05) is 0 Å². The van der Waals surface area contributed by atoms with Crippen LogP contribution in [0, 0.1) is 0 Å². The molecule has 0 spiro atoms. The fraction of sp³-hybridized carbons (Fsp3) is 0.889. The van der Waals surface area contributed by atoms with E-state index in [1.807, 2.05) is 0 Å². The lowest BCUT2D eigenvalue weighted by molar-refractivity contribution is 0.532. The molecule has 0 radical (unpaired) electrons. The van der Waals surface area contributed by atoms with Crippen LogP contribution in [-0.2, 0) is 0 Å². The maximum absolute atomic E-state index is 3.80. The molecule has 0 fully saturated rings. The molecule has 0 aromatic heterocycles. The maximum Gasteiger partial charge on any atom is -0.0351 e. The number of allylic oxidation sites excluding steroid dienone is 3. The fourth-order valence-electron chi connectivity index (χ4n) is 5.36. The number of hydrogen-bond donors (Lipinski definition) is 0. The van der Waals surface area contributed by atoms with Gasteiger partial charge in [-0.25, -0.2) is 0 Å². The Morgan fingerprint density at radius 3 is 0.778 bits per heavy atom. The zero-order valence-corrected chi connectivity index (χ0v) is 25.4. The normalized spacial score (nSPS) is 11.6. The van der Waals surface area contributed by atoms with Crippen LogP contribution in [0.5, 0.6) is 0 Å². The van der Waals surface area contributed by atoms with E-state index >= 15 is 0 Å². The highest BCUT2D eigenvalue weighted by molar-refractivity contribution is 4.81. The fourth-order valence-corrected chi connectivity index (χ4v) is 5.36. The molecule has 0 unspecified atom stereocenters. The van der Waals surface area contributed by atoms with E-state index in [4.69, 9.17) is 0 Å². The standard InChI is InChI=1S/C36H70/c1-3-5-7-9-11-13-15-17-19-21-23-25-27-29-31-33-35-36-34-32-30-28-26-24-22-20-18-16-14-12-10-8-6-4-2/h3,35-36H,1,4-34H2,2H3. The Kier molecular flexibility index (Phi) is 34.0. The summed E-state index contributed by atoms with van der Waals surface area (Å²) in [5, 5.41) is 0. The molecule has 0 nitrogen and oxygen atoms in total. The summed E-state index contributed by atoms with van der Waals surface area (Å²) in [6.07, 6.45) is 51.4. The van der Waals surface area contributed by atoms with Crippen LogP contribution in [0.4, 0.5) is 0 Å². The molecular weight excluding hydrogens is 432 g/mol. The van der Waals surface area contributed by atoms with Gasteiger partial charge in [0.25, 0.3) is 0 Å². The van der Waals surface area contributed by atoms with Gasteiger partial charge in [0.15, 0.2) is 0 Å². The first kappa shape index (κ1) is 35.5. The molecule has 0 saturated heterocycles. The zero-order valence-electron chi connectivity index (χ0n) is 25.4. The van der Waals surface area contributed by atoms with Crippen molar-refractivity contribution >= 4 is 0 Å². The summed E-state index contributed by atoms with van der Waals surface area (Å²) in [5.41, 5.74) is 0. The van der Waals surface area contributed by atoms with Crippen molar-refractivity contribution in [1.82, 2.24) is 0 Å². The summed E-state index contributed by atoms with van der Waals surface area (Å²) in [4.78, 5) is 0. The molecule has 0 aromatic rings. The molecule has 0 heterocycles. The Bertz CT molecular complexity index is 406. The van der Waals surface area contributed by atoms with Crippen molar-refractivity contribution in [1.29, 1.82) is 0 Å². The molecule has 0 N–H and O–H groups in total. The summed E-state index contributed by atoms with van der Waals surface area (Å²) < 4.78 is 0. The second kappa shape index (κ2) is 34.5. The van der Waals surface area contributed by atoms with E-state index in [1.54, 1.807) is 0 Å². The maximum atomic E-state index is 3.80. The van der Waals surface area contributed by atoms with Crippen molar-refractivity contribution in [2.75, 3.05) is 0 Å². The van der Waals surface area contributed by atoms with E-state index in [0.29, 0.717) is 0 Å². The smallest absolute Gasteiger partial charge is 0.0351 e. The summed E-state index contributed by atoms with van der Waals surface area (Å²) in [6, 6.07) is 0. The molecule has 0 rings (SSSR count). The highest BCUT2D eigenvalue weighted by Crippen LogP contribution is 2.15. The third kappa shape index (κ3) is 33.5. The topological polar surface area (TPSA) is 0 Å². The Morgan fingerprint density at radius 1 is 0.306 bits per heavy atom. The molecule has 0 heteroatoms. The van der Waals surface area contributed by atoms with Crippen molar-refractivity contribution in [3.05, 3.63) is 24.8 Å². The molecular formula is C36H70. The predicted octanol–water partition coefficient (Wildman–Crippen LogP) is 13.8. The summed E-state index contributed by atoms with van der Waals surface area (Å²) in [7, 11) is 0. The van der Waals surface area contributed by atoms with E-state index in [-0.39, 0.29) is 0 Å². The Balaban J connectivity index is 3.08. The van der Waals surface area contributed by atoms with Gasteiger partial charge in [-0.1, -0.05) is 186 Å². The Labute approximate surface area is 230 Å². The van der Waals surface area contributed by atoms with Crippen LogP contribution in [0.2, 0.25) is 0 Å². The van der Waals surface area contributed by atoms with Crippen molar-refractivity contribution in [3.8, 4) is 0 Å². The first-order chi connectivity index (χ1) is 17.9. The lowest BCUT2D eigenvalue weighted by atomic mass is 10.0. The highest BCUT2D eigenvalue weighted by atomic mass is 14.0. The quantitative estimate of drug-likeness (QED) is 0.0633. The van der Waals surface area contributed by atoms with Gasteiger partial charge in [-0.2, -0.15) is 0 Å². The Hall–Kier alpha value is -0.520. The molecule has 0 aliphatic rings. The highest BCUT2D eigenvalue weighted by Gasteiger charge is 1.95. The van der Waals surface area contributed by atoms with Gasteiger partial charge in [0.2, 0.25) is 0 Å². The Morgan fingerprint density at radius 2 is 0.528 bits per heavy atom. The summed E-state index contributed by atoms with van der Waals surface area (Å²) in [6.45, 7) is 6.10. The number of hydrogen-bond acceptors (Lipinski definition) is 0. The minimum atomic E-state index is 1.20. The third-order valence-corrected chi connectivity index (χ3v) is 7.92. The average Bonchev–Trinajstić information content (AvgIpc) is 2.89. The molecule has 0 amide bonds. The van der Waals surface area contributed by atoms with Gasteiger partial charge >= 0.3 is 0 Å². The third-order valence-electron chi connectivity index (χ3n) is 7.92. The van der Waals surface area contributed by atoms with Crippen LogP contribution in [0.1, 0.15) is 206 Å². The van der Waals surface area contributed by atoms with Gasteiger partial charge < -0.3 is 0 Å². The van der Waals surface area contributed by atoms with Gasteiger partial charge in [-0.3, -0.25) is 0 Å². The molecule has 36 heavy (non-hydrogen) atoms. The van der Waals surface area contributed by atoms with E-state index in [1.165, 1.54) is 199 Å². The van der Waals surface area contributed by atoms with Gasteiger partial charge in [-0.15, -0.1) is 6.58 Å². The van der Waals surface area contributed by atoms with Gasteiger partial charge in [0.05, 0.1) is 0 Å². The van der Waals surface area contributed by atoms with Crippen molar-refractivity contribution in [2.24, 2.45) is 0 Å². The lowest BCUT2D eigenvalue weighted by Gasteiger charge is -2.03. The molecule has 214 valence electrons. The molecule has 0 aliphatic heterocycles. The minimum Gasteiger partial charge on any atom is -0.103 e.